The van der Waals surface area contributed by atoms with Crippen LogP contribution >= 0.6 is 11.6 Å². The smallest absolute Gasteiger partial charge is 0.127 e. The van der Waals surface area contributed by atoms with Gasteiger partial charge in [0.1, 0.15) is 5.82 Å². The molecule has 0 saturated carbocycles. The highest BCUT2D eigenvalue weighted by atomic mass is 35.5. The molecule has 1 N–H and O–H groups in total. The van der Waals surface area contributed by atoms with Crippen LogP contribution in [0.1, 0.15) is 19.4 Å². The second-order valence-electron chi connectivity index (χ2n) is 4.57. The van der Waals surface area contributed by atoms with Crippen LogP contribution in [0, 0.1) is 11.2 Å². The van der Waals surface area contributed by atoms with Crippen molar-refractivity contribution in [1.29, 1.82) is 0 Å². The second-order valence-corrected chi connectivity index (χ2v) is 4.98. The molecule has 0 amide bonds. The first-order valence-electron chi connectivity index (χ1n) is 5.04. The molecule has 0 unspecified atom stereocenters. The number of halogens is 2. The molecule has 0 atom stereocenters. The molecule has 0 bridgehead atoms. The van der Waals surface area contributed by atoms with Gasteiger partial charge in [-0.2, -0.15) is 0 Å². The fourth-order valence-electron chi connectivity index (χ4n) is 1.72. The summed E-state index contributed by atoms with van der Waals surface area (Å²) in [5, 5.41) is 3.61. The van der Waals surface area contributed by atoms with Gasteiger partial charge in [-0.25, -0.2) is 4.39 Å². The van der Waals surface area contributed by atoms with E-state index < -0.39 is 0 Å². The normalized spacial score (nSPS) is 11.8. The maximum atomic E-state index is 13.5. The molecule has 1 aromatic carbocycles. The zero-order chi connectivity index (χ0) is 11.5. The lowest BCUT2D eigenvalue weighted by Crippen LogP contribution is -2.29. The minimum atomic E-state index is -0.216. The summed E-state index contributed by atoms with van der Waals surface area (Å²) in [7, 11) is 1.89. The molecule has 84 valence electrons. The van der Waals surface area contributed by atoms with Gasteiger partial charge >= 0.3 is 0 Å². The third-order valence-electron chi connectivity index (χ3n) is 2.37. The quantitative estimate of drug-likeness (QED) is 0.836. The average molecular weight is 230 g/mol. The summed E-state index contributed by atoms with van der Waals surface area (Å²) in [4.78, 5) is 0. The Morgan fingerprint density at radius 2 is 2.07 bits per heavy atom. The van der Waals surface area contributed by atoms with E-state index in [2.05, 4.69) is 19.2 Å². The highest BCUT2D eigenvalue weighted by molar-refractivity contribution is 6.31. The van der Waals surface area contributed by atoms with Crippen molar-refractivity contribution in [2.24, 2.45) is 5.41 Å². The second kappa shape index (κ2) is 4.95. The summed E-state index contributed by atoms with van der Waals surface area (Å²) in [5.74, 6) is -0.216. The molecule has 0 fully saturated rings. The van der Waals surface area contributed by atoms with Crippen LogP contribution in [-0.2, 0) is 6.42 Å². The van der Waals surface area contributed by atoms with E-state index in [0.717, 1.165) is 6.54 Å². The van der Waals surface area contributed by atoms with Gasteiger partial charge in [-0.1, -0.05) is 31.5 Å². The Morgan fingerprint density at radius 3 is 2.60 bits per heavy atom. The first-order chi connectivity index (χ1) is 6.96. The molecule has 0 aliphatic carbocycles. The number of benzene rings is 1. The van der Waals surface area contributed by atoms with Crippen molar-refractivity contribution in [2.45, 2.75) is 20.3 Å². The van der Waals surface area contributed by atoms with Crippen LogP contribution in [0.4, 0.5) is 4.39 Å². The summed E-state index contributed by atoms with van der Waals surface area (Å²) < 4.78 is 13.5. The van der Waals surface area contributed by atoms with Gasteiger partial charge in [-0.05, 0) is 31.0 Å². The van der Waals surface area contributed by atoms with E-state index in [1.165, 1.54) is 6.07 Å². The van der Waals surface area contributed by atoms with Crippen molar-refractivity contribution in [3.05, 3.63) is 34.6 Å². The van der Waals surface area contributed by atoms with Gasteiger partial charge < -0.3 is 5.32 Å². The van der Waals surface area contributed by atoms with E-state index >= 15 is 0 Å². The van der Waals surface area contributed by atoms with Crippen molar-refractivity contribution in [3.63, 3.8) is 0 Å². The molecule has 1 rings (SSSR count). The minimum Gasteiger partial charge on any atom is -0.319 e. The molecule has 0 spiro atoms. The summed E-state index contributed by atoms with van der Waals surface area (Å²) in [5.41, 5.74) is 0.611. The van der Waals surface area contributed by atoms with Crippen LogP contribution in [0.5, 0.6) is 0 Å². The first-order valence-corrected chi connectivity index (χ1v) is 5.41. The Labute approximate surface area is 95.6 Å². The molecule has 15 heavy (non-hydrogen) atoms. The van der Waals surface area contributed by atoms with Crippen molar-refractivity contribution in [3.8, 4) is 0 Å². The van der Waals surface area contributed by atoms with E-state index in [1.807, 2.05) is 7.05 Å². The molecule has 3 heteroatoms. The van der Waals surface area contributed by atoms with Crippen molar-refractivity contribution in [2.75, 3.05) is 13.6 Å². The fraction of sp³-hybridized carbons (Fsp3) is 0.500. The molecule has 0 aliphatic rings. The van der Waals surface area contributed by atoms with Gasteiger partial charge in [0, 0.05) is 17.1 Å². The Balaban J connectivity index is 2.89. The molecule has 1 aromatic rings. The lowest BCUT2D eigenvalue weighted by atomic mass is 9.85. The van der Waals surface area contributed by atoms with Crippen LogP contribution in [0.15, 0.2) is 18.2 Å². The topological polar surface area (TPSA) is 12.0 Å². The van der Waals surface area contributed by atoms with Gasteiger partial charge in [0.05, 0.1) is 0 Å². The third-order valence-corrected chi connectivity index (χ3v) is 2.73. The van der Waals surface area contributed by atoms with Gasteiger partial charge in [0.25, 0.3) is 0 Å². The number of hydrogen-bond donors (Lipinski definition) is 1. The Morgan fingerprint density at radius 1 is 1.40 bits per heavy atom. The zero-order valence-electron chi connectivity index (χ0n) is 9.40. The maximum absolute atomic E-state index is 13.5. The molecule has 0 radical (unpaired) electrons. The van der Waals surface area contributed by atoms with Gasteiger partial charge in [0.2, 0.25) is 0 Å². The van der Waals surface area contributed by atoms with Crippen LogP contribution in [0.25, 0.3) is 0 Å². The lowest BCUT2D eigenvalue weighted by Gasteiger charge is -2.25. The SMILES string of the molecule is CNCC(C)(C)Cc1c(F)cccc1Cl. The molecule has 0 aromatic heterocycles. The highest BCUT2D eigenvalue weighted by Crippen LogP contribution is 2.27. The van der Waals surface area contributed by atoms with Crippen LogP contribution in [-0.4, -0.2) is 13.6 Å². The summed E-state index contributed by atoms with van der Waals surface area (Å²) >= 11 is 5.98. The van der Waals surface area contributed by atoms with E-state index in [1.54, 1.807) is 12.1 Å². The van der Waals surface area contributed by atoms with E-state index in [9.17, 15) is 4.39 Å². The number of hydrogen-bond acceptors (Lipinski definition) is 1. The third kappa shape index (κ3) is 3.47. The highest BCUT2D eigenvalue weighted by Gasteiger charge is 2.20. The fourth-order valence-corrected chi connectivity index (χ4v) is 1.95. The Bertz CT molecular complexity index is 316. The summed E-state index contributed by atoms with van der Waals surface area (Å²) in [6.07, 6.45) is 0.638. The average Bonchev–Trinajstić information content (AvgIpc) is 2.11. The zero-order valence-corrected chi connectivity index (χ0v) is 10.2. The minimum absolute atomic E-state index is 0.000579. The molecule has 0 saturated heterocycles. The Hall–Kier alpha value is -0.600. The molecule has 0 heterocycles. The van der Waals surface area contributed by atoms with E-state index in [0.29, 0.717) is 17.0 Å². The van der Waals surface area contributed by atoms with Crippen LogP contribution in [0.3, 0.4) is 0 Å². The maximum Gasteiger partial charge on any atom is 0.127 e. The standard InChI is InChI=1S/C12H17ClFN/c1-12(2,8-15-3)7-9-10(13)5-4-6-11(9)14/h4-6,15H,7-8H2,1-3H3. The largest absolute Gasteiger partial charge is 0.319 e. The van der Waals surface area contributed by atoms with Gasteiger partial charge in [-0.3, -0.25) is 0 Å². The van der Waals surface area contributed by atoms with Crippen molar-refractivity contribution < 1.29 is 4.39 Å². The predicted molar refractivity (Wildman–Crippen MR) is 62.8 cm³/mol. The molecule has 1 nitrogen and oxygen atoms in total. The summed E-state index contributed by atoms with van der Waals surface area (Å²) in [6.45, 7) is 5.01. The van der Waals surface area contributed by atoms with Crippen LogP contribution < -0.4 is 5.32 Å². The number of rotatable bonds is 4. The van der Waals surface area contributed by atoms with E-state index in [-0.39, 0.29) is 11.2 Å². The first kappa shape index (κ1) is 12.5. The Kier molecular flexibility index (Phi) is 4.12. The summed E-state index contributed by atoms with van der Waals surface area (Å²) in [6, 6.07) is 4.82. The van der Waals surface area contributed by atoms with Gasteiger partial charge in [0.15, 0.2) is 0 Å². The van der Waals surface area contributed by atoms with Crippen molar-refractivity contribution in [1.82, 2.24) is 5.32 Å². The lowest BCUT2D eigenvalue weighted by molar-refractivity contribution is 0.344. The van der Waals surface area contributed by atoms with Crippen molar-refractivity contribution >= 4 is 11.6 Å². The predicted octanol–water partition coefficient (Wildman–Crippen LogP) is 3.27. The molecular weight excluding hydrogens is 213 g/mol. The van der Waals surface area contributed by atoms with Gasteiger partial charge in [-0.15, -0.1) is 0 Å². The number of nitrogens with one attached hydrogen (secondary N) is 1. The van der Waals surface area contributed by atoms with Crippen LogP contribution in [0.2, 0.25) is 5.02 Å². The van der Waals surface area contributed by atoms with E-state index in [4.69, 9.17) is 11.6 Å². The monoisotopic (exact) mass is 229 g/mol. The molecular formula is C12H17ClFN. The molecule has 0 aliphatic heterocycles.